The Hall–Kier alpha value is -0.841. The second-order valence-corrected chi connectivity index (χ2v) is 9.33. The van der Waals surface area contributed by atoms with Gasteiger partial charge in [-0.15, -0.1) is 0 Å². The van der Waals surface area contributed by atoms with E-state index in [-0.39, 0.29) is 0 Å². The molecule has 1 fully saturated rings. The van der Waals surface area contributed by atoms with Gasteiger partial charge in [-0.05, 0) is 0 Å². The summed E-state index contributed by atoms with van der Waals surface area (Å²) in [6.07, 6.45) is 0. The van der Waals surface area contributed by atoms with Crippen LogP contribution in [0.4, 0.5) is 5.69 Å². The van der Waals surface area contributed by atoms with E-state index in [2.05, 4.69) is 95.9 Å². The molecule has 1 saturated heterocycles. The second-order valence-electron chi connectivity index (χ2n) is 5.63. The van der Waals surface area contributed by atoms with Crippen LogP contribution in [-0.4, -0.2) is 37.2 Å². The molecule has 0 N–H and O–H groups in total. The zero-order chi connectivity index (χ0) is 15.5. The van der Waals surface area contributed by atoms with Gasteiger partial charge in [-0.1, -0.05) is 0 Å². The molecule has 4 heteroatoms. The second kappa shape index (κ2) is 7.16. The third-order valence-electron chi connectivity index (χ3n) is 3.70. The van der Waals surface area contributed by atoms with Gasteiger partial charge >= 0.3 is 153 Å². The van der Waals surface area contributed by atoms with Crippen molar-refractivity contribution in [3.05, 3.63) is 63.7 Å². The van der Waals surface area contributed by atoms with Gasteiger partial charge in [-0.25, -0.2) is 0 Å². The van der Waals surface area contributed by atoms with Gasteiger partial charge in [-0.3, -0.25) is 0 Å². The number of amidine groups is 1. The van der Waals surface area contributed by atoms with Crippen molar-refractivity contribution in [2.75, 3.05) is 6.54 Å². The summed E-state index contributed by atoms with van der Waals surface area (Å²) in [4.78, 5) is 8.02. The first-order valence-electron chi connectivity index (χ1n) is 7.46. The summed E-state index contributed by atoms with van der Waals surface area (Å²) in [6.45, 7) is 5.60. The van der Waals surface area contributed by atoms with Crippen molar-refractivity contribution in [3.63, 3.8) is 0 Å². The van der Waals surface area contributed by atoms with Gasteiger partial charge < -0.3 is 0 Å². The zero-order valence-corrected chi connectivity index (χ0v) is 16.6. The average molecular weight is 469 g/mol. The summed E-state index contributed by atoms with van der Waals surface area (Å²) in [7, 11) is 0. The van der Waals surface area contributed by atoms with E-state index in [1.165, 1.54) is 13.9 Å². The molecule has 1 aliphatic rings. The van der Waals surface area contributed by atoms with Gasteiger partial charge in [0.2, 0.25) is 0 Å². The van der Waals surface area contributed by atoms with Crippen molar-refractivity contribution in [3.8, 4) is 0 Å². The maximum absolute atomic E-state index is 4.94. The van der Waals surface area contributed by atoms with Crippen molar-refractivity contribution in [2.45, 2.75) is 24.7 Å². The van der Waals surface area contributed by atoms with E-state index in [0.717, 1.165) is 12.2 Å². The topological polar surface area (TPSA) is 15.6 Å². The monoisotopic (exact) mass is 470 g/mol. The van der Waals surface area contributed by atoms with Crippen molar-refractivity contribution in [2.24, 2.45) is 4.99 Å². The van der Waals surface area contributed by atoms with E-state index < -0.39 is 0 Å². The van der Waals surface area contributed by atoms with Crippen molar-refractivity contribution in [1.29, 1.82) is 0 Å². The average Bonchev–Trinajstić information content (AvgIpc) is 2.95. The fraction of sp³-hybridized carbons (Fsp3) is 0.278. The fourth-order valence-corrected chi connectivity index (χ4v) is 5.69. The van der Waals surface area contributed by atoms with Crippen LogP contribution in [0.5, 0.6) is 0 Å². The van der Waals surface area contributed by atoms with Gasteiger partial charge in [0.25, 0.3) is 0 Å². The van der Waals surface area contributed by atoms with E-state index in [1.807, 2.05) is 0 Å². The molecule has 22 heavy (non-hydrogen) atoms. The standard InChI is InChI=1S/C18H19IN2Se/c1-13(2)21-12-17(14-6-4-3-5-7-14)22-18(21)20-16-10-8-15(19)9-11-16/h3-11,13,17H,12H2,1-2H3. The Labute approximate surface area is 152 Å². The Bertz CT molecular complexity index is 653. The van der Waals surface area contributed by atoms with Crippen LogP contribution in [0.15, 0.2) is 59.6 Å². The molecule has 0 radical (unpaired) electrons. The van der Waals surface area contributed by atoms with Crippen LogP contribution >= 0.6 is 22.6 Å². The van der Waals surface area contributed by atoms with Gasteiger partial charge in [0.1, 0.15) is 0 Å². The number of aliphatic imine (C=N–C) groups is 1. The summed E-state index contributed by atoms with van der Waals surface area (Å²) in [5.41, 5.74) is 2.51. The summed E-state index contributed by atoms with van der Waals surface area (Å²) >= 11 is 2.72. The molecule has 2 aromatic carbocycles. The third kappa shape index (κ3) is 3.73. The van der Waals surface area contributed by atoms with E-state index in [0.29, 0.717) is 25.8 Å². The molecule has 0 saturated carbocycles. The summed E-state index contributed by atoms with van der Waals surface area (Å²) < 4.78 is 2.53. The van der Waals surface area contributed by atoms with Gasteiger partial charge in [-0.2, -0.15) is 0 Å². The fourth-order valence-electron chi connectivity index (χ4n) is 2.48. The third-order valence-corrected chi connectivity index (χ3v) is 7.03. The quantitative estimate of drug-likeness (QED) is 0.480. The molecule has 1 heterocycles. The molecule has 114 valence electrons. The molecule has 0 amide bonds. The van der Waals surface area contributed by atoms with Crippen molar-refractivity contribution < 1.29 is 0 Å². The molecule has 1 aliphatic heterocycles. The van der Waals surface area contributed by atoms with Gasteiger partial charge in [0.05, 0.1) is 0 Å². The van der Waals surface area contributed by atoms with Crippen LogP contribution in [0.3, 0.4) is 0 Å². The van der Waals surface area contributed by atoms with Crippen LogP contribution in [0.2, 0.25) is 0 Å². The SMILES string of the molecule is CC(C)N1CC(c2ccccc2)[Se]C1=Nc1ccc(I)cc1. The molecule has 0 aromatic heterocycles. The Kier molecular flexibility index (Phi) is 5.21. The summed E-state index contributed by atoms with van der Waals surface area (Å²) in [5, 5.41) is 0. The normalized spacial score (nSPS) is 20.1. The molecule has 2 aromatic rings. The first-order valence-corrected chi connectivity index (χ1v) is 10.4. The Morgan fingerprint density at radius 2 is 1.77 bits per heavy atom. The van der Waals surface area contributed by atoms with Gasteiger partial charge in [0, 0.05) is 0 Å². The Morgan fingerprint density at radius 3 is 2.41 bits per heavy atom. The first-order chi connectivity index (χ1) is 10.6. The molecule has 1 atom stereocenters. The van der Waals surface area contributed by atoms with E-state index in [4.69, 9.17) is 4.99 Å². The molecular weight excluding hydrogens is 450 g/mol. The first kappa shape index (κ1) is 16.0. The number of halogens is 1. The minimum absolute atomic E-state index is 0.384. The number of hydrogen-bond acceptors (Lipinski definition) is 1. The maximum atomic E-state index is 4.94. The summed E-state index contributed by atoms with van der Waals surface area (Å²) in [5.74, 6) is 0. The molecular formula is C18H19IN2Se. The molecule has 3 rings (SSSR count). The molecule has 1 unspecified atom stereocenters. The van der Waals surface area contributed by atoms with Crippen LogP contribution in [0, 0.1) is 3.57 Å². The molecule has 2 nitrogen and oxygen atoms in total. The zero-order valence-electron chi connectivity index (χ0n) is 12.7. The predicted molar refractivity (Wildman–Crippen MR) is 103 cm³/mol. The van der Waals surface area contributed by atoms with Crippen LogP contribution in [0.25, 0.3) is 0 Å². The van der Waals surface area contributed by atoms with Crippen molar-refractivity contribution in [1.82, 2.24) is 4.90 Å². The molecule has 0 bridgehead atoms. The number of benzene rings is 2. The number of nitrogens with zero attached hydrogens (tertiary/aromatic N) is 2. The van der Waals surface area contributed by atoms with Crippen LogP contribution in [0.1, 0.15) is 24.2 Å². The number of rotatable bonds is 3. The van der Waals surface area contributed by atoms with Gasteiger partial charge in [0.15, 0.2) is 0 Å². The predicted octanol–water partition coefficient (Wildman–Crippen LogP) is 4.45. The molecule has 0 spiro atoms. The van der Waals surface area contributed by atoms with Crippen LogP contribution in [-0.2, 0) is 0 Å². The molecule has 0 aliphatic carbocycles. The van der Waals surface area contributed by atoms with E-state index >= 15 is 0 Å². The van der Waals surface area contributed by atoms with E-state index in [9.17, 15) is 0 Å². The Morgan fingerprint density at radius 1 is 1.09 bits per heavy atom. The van der Waals surface area contributed by atoms with E-state index in [1.54, 1.807) is 0 Å². The van der Waals surface area contributed by atoms with Crippen molar-refractivity contribution >= 4 is 48.0 Å². The minimum atomic E-state index is 0.384. The van der Waals surface area contributed by atoms with Crippen LogP contribution < -0.4 is 0 Å². The summed E-state index contributed by atoms with van der Waals surface area (Å²) in [6, 6.07) is 19.8. The number of hydrogen-bond donors (Lipinski definition) is 0. The Balaban J connectivity index is 1.87.